The average molecular weight is 328 g/mol. The maximum Gasteiger partial charge on any atom is 0.335 e. The lowest BCUT2D eigenvalue weighted by atomic mass is 9.97. The lowest BCUT2D eigenvalue weighted by molar-refractivity contribution is -0.384. The van der Waals surface area contributed by atoms with E-state index in [4.69, 9.17) is 10.8 Å². The Hall–Kier alpha value is -3.06. The number of aryl methyl sites for hydroxylation is 1. The molecule has 0 radical (unpaired) electrons. The van der Waals surface area contributed by atoms with Crippen LogP contribution in [0.5, 0.6) is 0 Å². The fourth-order valence-corrected chi connectivity index (χ4v) is 2.23. The van der Waals surface area contributed by atoms with Crippen LogP contribution in [-0.4, -0.2) is 21.8 Å². The van der Waals surface area contributed by atoms with Gasteiger partial charge in [0.25, 0.3) is 5.69 Å². The lowest BCUT2D eigenvalue weighted by Gasteiger charge is -2.11. The summed E-state index contributed by atoms with van der Waals surface area (Å²) >= 11 is 0. The number of carboxylic acids is 1. The molecule has 2 aromatic rings. The Bertz CT molecular complexity index is 754. The molecule has 124 valence electrons. The van der Waals surface area contributed by atoms with Crippen LogP contribution in [0.1, 0.15) is 33.9 Å². The molecule has 0 spiro atoms. The number of nitrogens with zero attached hydrogens (tertiary/aromatic N) is 1. The van der Waals surface area contributed by atoms with Crippen LogP contribution < -0.4 is 5.73 Å². The van der Waals surface area contributed by atoms with Gasteiger partial charge in [-0.1, -0.05) is 24.3 Å². The number of carbonyl (C=O) groups is 2. The van der Waals surface area contributed by atoms with Gasteiger partial charge in [-0.2, -0.15) is 0 Å². The summed E-state index contributed by atoms with van der Waals surface area (Å²) in [5, 5.41) is 19.4. The van der Waals surface area contributed by atoms with Crippen molar-refractivity contribution in [3.63, 3.8) is 0 Å². The molecule has 0 fully saturated rings. The number of nitro benzene ring substituents is 1. The smallest absolute Gasteiger partial charge is 0.335 e. The number of rotatable bonds is 7. The van der Waals surface area contributed by atoms with Gasteiger partial charge in [-0.25, -0.2) is 4.79 Å². The summed E-state index contributed by atoms with van der Waals surface area (Å²) in [6, 6.07) is 11.0. The predicted molar refractivity (Wildman–Crippen MR) is 86.8 cm³/mol. The minimum absolute atomic E-state index is 0.000276. The molecule has 0 saturated heterocycles. The third-order valence-corrected chi connectivity index (χ3v) is 3.67. The quantitative estimate of drug-likeness (QED) is 0.594. The number of hydrogen-bond donors (Lipinski definition) is 2. The van der Waals surface area contributed by atoms with Crippen molar-refractivity contribution in [1.82, 2.24) is 0 Å². The first-order chi connectivity index (χ1) is 11.4. The maximum atomic E-state index is 12.2. The second kappa shape index (κ2) is 7.47. The Morgan fingerprint density at radius 2 is 1.67 bits per heavy atom. The van der Waals surface area contributed by atoms with Crippen molar-refractivity contribution in [2.75, 3.05) is 0 Å². The van der Waals surface area contributed by atoms with E-state index in [-0.39, 0.29) is 23.5 Å². The van der Waals surface area contributed by atoms with Gasteiger partial charge in [0.1, 0.15) is 0 Å². The molecule has 0 saturated carbocycles. The van der Waals surface area contributed by atoms with Crippen molar-refractivity contribution in [2.24, 2.45) is 5.73 Å². The molecule has 1 unspecified atom stereocenters. The highest BCUT2D eigenvalue weighted by Gasteiger charge is 2.16. The van der Waals surface area contributed by atoms with Crippen LogP contribution in [0.2, 0.25) is 0 Å². The number of aromatic carboxylic acids is 1. The molecule has 2 rings (SSSR count). The van der Waals surface area contributed by atoms with Crippen LogP contribution in [0.3, 0.4) is 0 Å². The maximum absolute atomic E-state index is 12.2. The van der Waals surface area contributed by atoms with E-state index in [1.807, 2.05) is 0 Å². The van der Waals surface area contributed by atoms with E-state index in [0.717, 1.165) is 5.56 Å². The van der Waals surface area contributed by atoms with Crippen LogP contribution >= 0.6 is 0 Å². The summed E-state index contributed by atoms with van der Waals surface area (Å²) in [4.78, 5) is 33.1. The molecule has 1 atom stereocenters. The largest absolute Gasteiger partial charge is 0.478 e. The summed E-state index contributed by atoms with van der Waals surface area (Å²) in [6.07, 6.45) is 0.622. The topological polar surface area (TPSA) is 124 Å². The van der Waals surface area contributed by atoms with Crippen LogP contribution in [0, 0.1) is 10.1 Å². The second-order valence-electron chi connectivity index (χ2n) is 5.29. The van der Waals surface area contributed by atoms with Crippen molar-refractivity contribution in [1.29, 1.82) is 0 Å². The summed E-state index contributed by atoms with van der Waals surface area (Å²) in [7, 11) is 0. The third-order valence-electron chi connectivity index (χ3n) is 3.67. The van der Waals surface area contributed by atoms with Crippen LogP contribution in [0.25, 0.3) is 0 Å². The zero-order chi connectivity index (χ0) is 17.7. The highest BCUT2D eigenvalue weighted by atomic mass is 16.6. The van der Waals surface area contributed by atoms with Crippen molar-refractivity contribution in [3.05, 3.63) is 75.3 Å². The van der Waals surface area contributed by atoms with Crippen molar-refractivity contribution < 1.29 is 19.6 Å². The molecule has 24 heavy (non-hydrogen) atoms. The fraction of sp³-hybridized carbons (Fsp3) is 0.176. The number of benzene rings is 2. The molecule has 0 heterocycles. The molecule has 0 aromatic heterocycles. The van der Waals surface area contributed by atoms with Crippen LogP contribution in [0.15, 0.2) is 48.5 Å². The van der Waals surface area contributed by atoms with Crippen molar-refractivity contribution in [3.8, 4) is 0 Å². The first-order valence-electron chi connectivity index (χ1n) is 7.23. The number of non-ortho nitro benzene ring substituents is 1. The van der Waals surface area contributed by atoms with Gasteiger partial charge in [-0.3, -0.25) is 14.9 Å². The standard InChI is InChI=1S/C17H16N2O5/c18-16(12-4-6-13(7-5-12)17(21)22)15(20)10-3-11-1-8-14(9-2-11)19(23)24/h1-2,4-9,16H,3,10,18H2,(H,21,22). The van der Waals surface area contributed by atoms with Gasteiger partial charge < -0.3 is 10.8 Å². The van der Waals surface area contributed by atoms with Crippen LogP contribution in [0.4, 0.5) is 5.69 Å². The number of hydrogen-bond acceptors (Lipinski definition) is 5. The molecule has 0 amide bonds. The van der Waals surface area contributed by atoms with E-state index in [9.17, 15) is 19.7 Å². The molecule has 0 bridgehead atoms. The number of Topliss-reactive ketones (excluding diaryl/α,β-unsaturated/α-hetero) is 1. The van der Waals surface area contributed by atoms with E-state index < -0.39 is 16.9 Å². The van der Waals surface area contributed by atoms with Crippen molar-refractivity contribution in [2.45, 2.75) is 18.9 Å². The molecule has 0 aliphatic carbocycles. The van der Waals surface area contributed by atoms with Gasteiger partial charge in [-0.15, -0.1) is 0 Å². The monoisotopic (exact) mass is 328 g/mol. The van der Waals surface area contributed by atoms with E-state index in [1.54, 1.807) is 12.1 Å². The van der Waals surface area contributed by atoms with E-state index in [1.165, 1.54) is 36.4 Å². The number of carbonyl (C=O) groups excluding carboxylic acids is 1. The molecule has 0 aliphatic rings. The van der Waals surface area contributed by atoms with Gasteiger partial charge in [0.2, 0.25) is 0 Å². The minimum atomic E-state index is -1.04. The summed E-state index contributed by atoms with van der Waals surface area (Å²) < 4.78 is 0. The Kier molecular flexibility index (Phi) is 5.39. The van der Waals surface area contributed by atoms with Crippen molar-refractivity contribution >= 4 is 17.4 Å². The highest BCUT2D eigenvalue weighted by molar-refractivity contribution is 5.88. The normalized spacial score (nSPS) is 11.7. The van der Waals surface area contributed by atoms with Gasteiger partial charge in [0.15, 0.2) is 5.78 Å². The predicted octanol–water partition coefficient (Wildman–Crippen LogP) is 2.49. The minimum Gasteiger partial charge on any atom is -0.478 e. The zero-order valence-corrected chi connectivity index (χ0v) is 12.7. The first kappa shape index (κ1) is 17.3. The number of ketones is 1. The first-order valence-corrected chi connectivity index (χ1v) is 7.23. The molecule has 2 aromatic carbocycles. The average Bonchev–Trinajstić information content (AvgIpc) is 2.59. The zero-order valence-electron chi connectivity index (χ0n) is 12.7. The van der Waals surface area contributed by atoms with E-state index >= 15 is 0 Å². The molecule has 7 nitrogen and oxygen atoms in total. The Balaban J connectivity index is 1.96. The Morgan fingerprint density at radius 3 is 2.17 bits per heavy atom. The lowest BCUT2D eigenvalue weighted by Crippen LogP contribution is -2.21. The number of carboxylic acid groups (broad SMARTS) is 1. The summed E-state index contributed by atoms with van der Waals surface area (Å²) in [5.74, 6) is -1.23. The molecule has 7 heteroatoms. The Morgan fingerprint density at radius 1 is 1.08 bits per heavy atom. The summed E-state index contributed by atoms with van der Waals surface area (Å²) in [6.45, 7) is 0. The van der Waals surface area contributed by atoms with E-state index in [2.05, 4.69) is 0 Å². The fourth-order valence-electron chi connectivity index (χ4n) is 2.23. The van der Waals surface area contributed by atoms with Gasteiger partial charge >= 0.3 is 5.97 Å². The van der Waals surface area contributed by atoms with Crippen LogP contribution in [-0.2, 0) is 11.2 Å². The Labute approximate surface area is 137 Å². The SMILES string of the molecule is NC(C(=O)CCc1ccc([N+](=O)[O-])cc1)c1ccc(C(=O)O)cc1. The molecule has 3 N–H and O–H groups in total. The van der Waals surface area contributed by atoms with Gasteiger partial charge in [0, 0.05) is 18.6 Å². The molecular formula is C17H16N2O5. The van der Waals surface area contributed by atoms with Gasteiger partial charge in [0.05, 0.1) is 16.5 Å². The van der Waals surface area contributed by atoms with E-state index in [0.29, 0.717) is 12.0 Å². The highest BCUT2D eigenvalue weighted by Crippen LogP contribution is 2.17. The number of nitro groups is 1. The molecule has 0 aliphatic heterocycles. The number of nitrogens with two attached hydrogens (primary N) is 1. The molecular weight excluding hydrogens is 312 g/mol. The summed E-state index contributed by atoms with van der Waals surface area (Å²) in [5.41, 5.74) is 7.39. The third kappa shape index (κ3) is 4.23. The van der Waals surface area contributed by atoms with Gasteiger partial charge in [-0.05, 0) is 29.7 Å². The second-order valence-corrected chi connectivity index (χ2v) is 5.29.